The van der Waals surface area contributed by atoms with Crippen LogP contribution in [0.2, 0.25) is 0 Å². The predicted octanol–water partition coefficient (Wildman–Crippen LogP) is 2.46. The maximum Gasteiger partial charge on any atom is 0.338 e. The minimum absolute atomic E-state index is 0.112. The number of benzene rings is 1. The quantitative estimate of drug-likeness (QED) is 0.603. The highest BCUT2D eigenvalue weighted by Crippen LogP contribution is 2.39. The van der Waals surface area contributed by atoms with Gasteiger partial charge in [0.15, 0.2) is 0 Å². The zero-order chi connectivity index (χ0) is 18.0. The van der Waals surface area contributed by atoms with Crippen LogP contribution in [0.15, 0.2) is 46.6 Å². The van der Waals surface area contributed by atoms with Gasteiger partial charge in [-0.15, -0.1) is 0 Å². The number of hydrogen-bond donors (Lipinski definition) is 1. The van der Waals surface area contributed by atoms with E-state index in [0.717, 1.165) is 10.0 Å². The second-order valence-corrected chi connectivity index (χ2v) is 6.20. The highest BCUT2D eigenvalue weighted by Gasteiger charge is 2.36. The van der Waals surface area contributed by atoms with Crippen LogP contribution >= 0.6 is 15.9 Å². The van der Waals surface area contributed by atoms with Crippen molar-refractivity contribution >= 4 is 27.8 Å². The summed E-state index contributed by atoms with van der Waals surface area (Å²) in [6.45, 7) is 5.46. The van der Waals surface area contributed by atoms with Crippen molar-refractivity contribution in [1.29, 1.82) is 0 Å². The molecule has 1 atom stereocenters. The number of methoxy groups -OCH3 is 1. The fourth-order valence-corrected chi connectivity index (χ4v) is 3.07. The molecule has 0 fully saturated rings. The lowest BCUT2D eigenvalue weighted by Gasteiger charge is -2.28. The van der Waals surface area contributed by atoms with E-state index in [0.29, 0.717) is 23.0 Å². The molecule has 0 unspecified atom stereocenters. The number of halogens is 1. The molecule has 1 aromatic carbocycles. The van der Waals surface area contributed by atoms with Crippen molar-refractivity contribution < 1.29 is 14.3 Å². The number of tetrazole rings is 1. The van der Waals surface area contributed by atoms with Gasteiger partial charge in [0, 0.05) is 15.7 Å². The van der Waals surface area contributed by atoms with Gasteiger partial charge in [-0.3, -0.25) is 0 Å². The average Bonchev–Trinajstić information content (AvgIpc) is 3.06. The van der Waals surface area contributed by atoms with Gasteiger partial charge in [-0.1, -0.05) is 33.7 Å². The number of nitrogens with zero attached hydrogens (tertiary/aromatic N) is 4. The van der Waals surface area contributed by atoms with Crippen LogP contribution in [-0.4, -0.2) is 39.9 Å². The molecule has 1 aliphatic rings. The first-order valence-electron chi connectivity index (χ1n) is 7.44. The van der Waals surface area contributed by atoms with Gasteiger partial charge in [0.1, 0.15) is 18.4 Å². The summed E-state index contributed by atoms with van der Waals surface area (Å²) in [6, 6.07) is 4.95. The third-order valence-electron chi connectivity index (χ3n) is 3.75. The highest BCUT2D eigenvalue weighted by molar-refractivity contribution is 9.10. The van der Waals surface area contributed by atoms with Crippen molar-refractivity contribution in [2.45, 2.75) is 13.0 Å². The van der Waals surface area contributed by atoms with Crippen molar-refractivity contribution in [3.63, 3.8) is 0 Å². The molecular formula is C16H16BrN5O3. The lowest BCUT2D eigenvalue weighted by molar-refractivity contribution is -0.138. The Bertz CT molecular complexity index is 861. The second-order valence-electron chi connectivity index (χ2n) is 5.29. The summed E-state index contributed by atoms with van der Waals surface area (Å²) in [7, 11) is 1.57. The van der Waals surface area contributed by atoms with Crippen molar-refractivity contribution in [3.8, 4) is 5.75 Å². The lowest BCUT2D eigenvalue weighted by atomic mass is 9.95. The molecule has 0 bridgehead atoms. The molecule has 8 nitrogen and oxygen atoms in total. The van der Waals surface area contributed by atoms with Gasteiger partial charge in [-0.05, 0) is 35.5 Å². The molecule has 1 N–H and O–H groups in total. The lowest BCUT2D eigenvalue weighted by Crippen LogP contribution is -2.30. The molecule has 0 spiro atoms. The Labute approximate surface area is 152 Å². The number of hydrogen-bond acceptors (Lipinski definition) is 7. The van der Waals surface area contributed by atoms with Gasteiger partial charge in [0.2, 0.25) is 5.95 Å². The first-order valence-corrected chi connectivity index (χ1v) is 8.23. The molecule has 9 heteroatoms. The van der Waals surface area contributed by atoms with Crippen LogP contribution in [0.4, 0.5) is 5.95 Å². The summed E-state index contributed by atoms with van der Waals surface area (Å²) in [5, 5.41) is 14.7. The number of nitrogens with one attached hydrogen (secondary N) is 1. The zero-order valence-electron chi connectivity index (χ0n) is 13.7. The summed E-state index contributed by atoms with van der Waals surface area (Å²) in [6.07, 6.45) is 1.52. The normalized spacial score (nSPS) is 16.0. The summed E-state index contributed by atoms with van der Waals surface area (Å²) in [5.74, 6) is 0.571. The Balaban J connectivity index is 2.18. The first kappa shape index (κ1) is 17.2. The second kappa shape index (κ2) is 7.06. The first-order chi connectivity index (χ1) is 12.1. The number of aromatic nitrogens is 4. The van der Waals surface area contributed by atoms with E-state index in [1.165, 1.54) is 10.8 Å². The predicted molar refractivity (Wildman–Crippen MR) is 94.1 cm³/mol. The van der Waals surface area contributed by atoms with E-state index < -0.39 is 12.0 Å². The summed E-state index contributed by atoms with van der Waals surface area (Å²) in [4.78, 5) is 12.7. The van der Waals surface area contributed by atoms with Crippen molar-refractivity contribution in [3.05, 3.63) is 52.2 Å². The zero-order valence-corrected chi connectivity index (χ0v) is 15.3. The molecule has 2 heterocycles. The van der Waals surface area contributed by atoms with Gasteiger partial charge in [0.05, 0.1) is 12.7 Å². The van der Waals surface area contributed by atoms with Gasteiger partial charge in [0.25, 0.3) is 0 Å². The molecule has 0 radical (unpaired) electrons. The number of allylic oxidation sites excluding steroid dienone is 1. The van der Waals surface area contributed by atoms with Gasteiger partial charge in [-0.25, -0.2) is 4.79 Å². The maximum absolute atomic E-state index is 12.7. The van der Waals surface area contributed by atoms with Crippen molar-refractivity contribution in [2.24, 2.45) is 0 Å². The SMILES string of the molecule is C=CCOC(=O)C1=C(C)Nc2nnnn2[C@@H]1c1cc(Br)ccc1OC. The van der Waals surface area contributed by atoms with Crippen LogP contribution in [0.5, 0.6) is 5.75 Å². The van der Waals surface area contributed by atoms with Crippen molar-refractivity contribution in [1.82, 2.24) is 20.2 Å². The Kier molecular flexibility index (Phi) is 4.84. The molecule has 25 heavy (non-hydrogen) atoms. The maximum atomic E-state index is 12.7. The van der Waals surface area contributed by atoms with Crippen molar-refractivity contribution in [2.75, 3.05) is 19.0 Å². The van der Waals surface area contributed by atoms with Crippen LogP contribution in [0, 0.1) is 0 Å². The molecule has 0 aliphatic carbocycles. The molecule has 1 aliphatic heterocycles. The van der Waals surface area contributed by atoms with Crippen LogP contribution in [0.3, 0.4) is 0 Å². The number of ether oxygens (including phenoxy) is 2. The van der Waals surface area contributed by atoms with Gasteiger partial charge < -0.3 is 14.8 Å². The summed E-state index contributed by atoms with van der Waals surface area (Å²) in [5.41, 5.74) is 1.75. The Hall–Kier alpha value is -2.68. The molecule has 1 aromatic heterocycles. The molecule has 0 saturated heterocycles. The minimum atomic E-state index is -0.587. The third kappa shape index (κ3) is 3.14. The number of esters is 1. The topological polar surface area (TPSA) is 91.2 Å². The average molecular weight is 406 g/mol. The van der Waals surface area contributed by atoms with E-state index in [1.54, 1.807) is 14.0 Å². The molecule has 0 amide bonds. The van der Waals surface area contributed by atoms with Gasteiger partial charge in [-0.2, -0.15) is 4.68 Å². The highest BCUT2D eigenvalue weighted by atomic mass is 79.9. The Morgan fingerprint density at radius 2 is 2.32 bits per heavy atom. The van der Waals surface area contributed by atoms with E-state index in [2.05, 4.69) is 43.4 Å². The number of rotatable bonds is 5. The molecular weight excluding hydrogens is 390 g/mol. The molecule has 2 aromatic rings. The fraction of sp³-hybridized carbons (Fsp3) is 0.250. The van der Waals surface area contributed by atoms with Crippen LogP contribution in [0.25, 0.3) is 0 Å². The molecule has 3 rings (SSSR count). The molecule has 130 valence electrons. The standard InChI is InChI=1S/C16H16BrN5O3/c1-4-7-25-15(23)13-9(2)18-16-19-20-21-22(16)14(13)11-8-10(17)5-6-12(11)24-3/h4-6,8,14H,1,7H2,2-3H3,(H,18,19,21)/t14-/m1/s1. The number of carbonyl (C=O) groups is 1. The van der Waals surface area contributed by atoms with Crippen LogP contribution in [-0.2, 0) is 9.53 Å². The monoisotopic (exact) mass is 405 g/mol. The molecule has 0 saturated carbocycles. The number of carbonyl (C=O) groups excluding carboxylic acids is 1. The van der Waals surface area contributed by atoms with E-state index in [9.17, 15) is 4.79 Å². The van der Waals surface area contributed by atoms with Crippen LogP contribution in [0.1, 0.15) is 18.5 Å². The van der Waals surface area contributed by atoms with Crippen LogP contribution < -0.4 is 10.1 Å². The van der Waals surface area contributed by atoms with E-state index in [1.807, 2.05) is 18.2 Å². The largest absolute Gasteiger partial charge is 0.496 e. The summed E-state index contributed by atoms with van der Waals surface area (Å²) >= 11 is 3.46. The van der Waals surface area contributed by atoms with E-state index in [-0.39, 0.29) is 6.61 Å². The Morgan fingerprint density at radius 3 is 3.04 bits per heavy atom. The minimum Gasteiger partial charge on any atom is -0.496 e. The van der Waals surface area contributed by atoms with Gasteiger partial charge >= 0.3 is 5.97 Å². The third-order valence-corrected chi connectivity index (χ3v) is 4.25. The smallest absolute Gasteiger partial charge is 0.338 e. The number of fused-ring (bicyclic) bond motifs is 1. The number of anilines is 1. The van der Waals surface area contributed by atoms with E-state index in [4.69, 9.17) is 9.47 Å². The fourth-order valence-electron chi connectivity index (χ4n) is 2.70. The Morgan fingerprint density at radius 1 is 1.52 bits per heavy atom. The summed E-state index contributed by atoms with van der Waals surface area (Å²) < 4.78 is 13.1. The van der Waals surface area contributed by atoms with E-state index >= 15 is 0 Å².